The summed E-state index contributed by atoms with van der Waals surface area (Å²) in [4.78, 5) is 21.2. The van der Waals surface area contributed by atoms with Gasteiger partial charge in [-0.25, -0.2) is 4.99 Å². The highest BCUT2D eigenvalue weighted by Gasteiger charge is 2.22. The van der Waals surface area contributed by atoms with Crippen LogP contribution in [0.25, 0.3) is 0 Å². The van der Waals surface area contributed by atoms with E-state index < -0.39 is 0 Å². The lowest BCUT2D eigenvalue weighted by Crippen LogP contribution is -2.40. The average molecular weight is 576 g/mol. The molecule has 0 radical (unpaired) electrons. The van der Waals surface area contributed by atoms with E-state index >= 15 is 0 Å². The van der Waals surface area contributed by atoms with Crippen molar-refractivity contribution in [1.82, 2.24) is 15.5 Å². The summed E-state index contributed by atoms with van der Waals surface area (Å²) in [5.41, 5.74) is 3.56. The minimum Gasteiger partial charge on any atom is -0.357 e. The predicted octanol–water partition coefficient (Wildman–Crippen LogP) is 4.05. The third-order valence-electron chi connectivity index (χ3n) is 6.57. The van der Waals surface area contributed by atoms with Gasteiger partial charge in [-0.1, -0.05) is 42.5 Å². The van der Waals surface area contributed by atoms with Gasteiger partial charge in [0.05, 0.1) is 6.54 Å². The van der Waals surface area contributed by atoms with E-state index in [-0.39, 0.29) is 29.9 Å². The van der Waals surface area contributed by atoms with Crippen LogP contribution < -0.4 is 15.5 Å². The molecule has 1 atom stereocenters. The number of halogens is 1. The Morgan fingerprint density at radius 3 is 2.53 bits per heavy atom. The first-order valence-corrected chi connectivity index (χ1v) is 12.4. The van der Waals surface area contributed by atoms with Crippen molar-refractivity contribution in [3.63, 3.8) is 0 Å². The Kier molecular flexibility index (Phi) is 10.7. The van der Waals surface area contributed by atoms with Gasteiger partial charge in [-0.05, 0) is 61.9 Å². The number of nitrogens with zero attached hydrogens (tertiary/aromatic N) is 3. The second-order valence-electron chi connectivity index (χ2n) is 9.08. The van der Waals surface area contributed by atoms with E-state index in [0.29, 0.717) is 18.9 Å². The molecule has 0 spiro atoms. The monoisotopic (exact) mass is 575 g/mol. The number of hydrogen-bond donors (Lipinski definition) is 2. The van der Waals surface area contributed by atoms with Gasteiger partial charge < -0.3 is 20.4 Å². The van der Waals surface area contributed by atoms with E-state index in [9.17, 15) is 4.79 Å². The summed E-state index contributed by atoms with van der Waals surface area (Å²) in [6, 6.07) is 19.0. The van der Waals surface area contributed by atoms with Crippen molar-refractivity contribution in [3.05, 3.63) is 65.7 Å². The van der Waals surface area contributed by atoms with Gasteiger partial charge in [0.1, 0.15) is 0 Å². The molecular weight excluding hydrogens is 537 g/mol. The molecule has 0 aromatic heterocycles. The minimum absolute atomic E-state index is 0. The van der Waals surface area contributed by atoms with Crippen LogP contribution in [0.1, 0.15) is 37.3 Å². The van der Waals surface area contributed by atoms with E-state index in [0.717, 1.165) is 62.8 Å². The molecule has 34 heavy (non-hydrogen) atoms. The summed E-state index contributed by atoms with van der Waals surface area (Å²) < 4.78 is 0. The van der Waals surface area contributed by atoms with E-state index in [2.05, 4.69) is 64.9 Å². The van der Waals surface area contributed by atoms with Crippen LogP contribution in [-0.2, 0) is 17.8 Å². The molecule has 1 unspecified atom stereocenters. The first kappa shape index (κ1) is 26.5. The van der Waals surface area contributed by atoms with E-state index in [1.807, 2.05) is 17.0 Å². The normalized spacial score (nSPS) is 18.7. The van der Waals surface area contributed by atoms with Gasteiger partial charge in [-0.15, -0.1) is 24.0 Å². The molecule has 2 aliphatic heterocycles. The maximum absolute atomic E-state index is 11.9. The van der Waals surface area contributed by atoms with Crippen molar-refractivity contribution in [2.24, 2.45) is 10.9 Å². The van der Waals surface area contributed by atoms with Crippen LogP contribution in [0.5, 0.6) is 0 Å². The Bertz CT molecular complexity index is 918. The maximum Gasteiger partial charge on any atom is 0.227 e. The van der Waals surface area contributed by atoms with Crippen LogP contribution in [0.4, 0.5) is 5.69 Å². The third-order valence-corrected chi connectivity index (χ3v) is 6.57. The quantitative estimate of drug-likeness (QED) is 0.269. The number of nitrogens with one attached hydrogen (secondary N) is 2. The number of benzene rings is 2. The number of aliphatic imine (C=N–C) groups is 1. The Morgan fingerprint density at radius 2 is 1.82 bits per heavy atom. The van der Waals surface area contributed by atoms with Crippen LogP contribution in [0.2, 0.25) is 0 Å². The Hall–Kier alpha value is -2.13. The highest BCUT2D eigenvalue weighted by molar-refractivity contribution is 14.0. The van der Waals surface area contributed by atoms with Crippen LogP contribution in [-0.4, -0.2) is 56.0 Å². The molecule has 1 amide bonds. The molecule has 6 nitrogen and oxygen atoms in total. The average Bonchev–Trinajstić information content (AvgIpc) is 3.49. The van der Waals surface area contributed by atoms with Crippen molar-refractivity contribution in [2.45, 2.75) is 39.2 Å². The zero-order chi connectivity index (χ0) is 22.9. The predicted molar refractivity (Wildman–Crippen MR) is 151 cm³/mol. The van der Waals surface area contributed by atoms with Gasteiger partial charge in [-0.3, -0.25) is 4.79 Å². The molecule has 2 fully saturated rings. The summed E-state index contributed by atoms with van der Waals surface area (Å²) in [6.45, 7) is 8.80. The molecule has 0 bridgehead atoms. The molecule has 7 heteroatoms. The maximum atomic E-state index is 11.9. The van der Waals surface area contributed by atoms with Gasteiger partial charge in [0.15, 0.2) is 5.96 Å². The van der Waals surface area contributed by atoms with Crippen LogP contribution in [0.3, 0.4) is 0 Å². The van der Waals surface area contributed by atoms with Crippen molar-refractivity contribution < 1.29 is 4.79 Å². The van der Waals surface area contributed by atoms with Gasteiger partial charge in [-0.2, -0.15) is 0 Å². The fraction of sp³-hybridized carbons (Fsp3) is 0.481. The molecule has 2 aromatic carbocycles. The fourth-order valence-corrected chi connectivity index (χ4v) is 4.67. The van der Waals surface area contributed by atoms with E-state index in [4.69, 9.17) is 4.99 Å². The van der Waals surface area contributed by atoms with Crippen LogP contribution in [0, 0.1) is 5.92 Å². The fourth-order valence-electron chi connectivity index (χ4n) is 4.67. The van der Waals surface area contributed by atoms with Gasteiger partial charge >= 0.3 is 0 Å². The van der Waals surface area contributed by atoms with Gasteiger partial charge in [0, 0.05) is 44.8 Å². The lowest BCUT2D eigenvalue weighted by Gasteiger charge is -2.18. The van der Waals surface area contributed by atoms with Crippen molar-refractivity contribution >= 4 is 41.5 Å². The second kappa shape index (κ2) is 13.7. The number of rotatable bonds is 9. The number of likely N-dealkylation sites (tertiary alicyclic amines) is 1. The summed E-state index contributed by atoms with van der Waals surface area (Å²) in [7, 11) is 0. The van der Waals surface area contributed by atoms with E-state index in [1.54, 1.807) is 0 Å². The number of amides is 1. The zero-order valence-electron chi connectivity index (χ0n) is 20.2. The van der Waals surface area contributed by atoms with Gasteiger partial charge in [0.25, 0.3) is 0 Å². The topological polar surface area (TPSA) is 60.0 Å². The Labute approximate surface area is 221 Å². The lowest BCUT2D eigenvalue weighted by molar-refractivity contribution is -0.117. The number of carbonyl (C=O) groups excluding carboxylic acids is 1. The molecule has 2 heterocycles. The Morgan fingerprint density at radius 1 is 1.03 bits per heavy atom. The molecule has 2 N–H and O–H groups in total. The lowest BCUT2D eigenvalue weighted by atomic mass is 10.1. The largest absolute Gasteiger partial charge is 0.357 e. The standard InChI is InChI=1S/C27H37N5O.HI/c1-2-28-27(29-19-23-10-12-25(13-11-23)32-16-6-9-26(32)33)30-20-24-15-18-31(21-24)17-14-22-7-4-3-5-8-22;/h3-5,7-8,10-13,24H,2,6,9,14-21H2,1H3,(H2,28,29,30);1H. The molecule has 2 aliphatic rings. The highest BCUT2D eigenvalue weighted by Crippen LogP contribution is 2.22. The smallest absolute Gasteiger partial charge is 0.227 e. The van der Waals surface area contributed by atoms with Crippen molar-refractivity contribution in [2.75, 3.05) is 44.2 Å². The first-order chi connectivity index (χ1) is 16.2. The van der Waals surface area contributed by atoms with Gasteiger partial charge in [0.2, 0.25) is 5.91 Å². The van der Waals surface area contributed by atoms with Crippen molar-refractivity contribution in [3.8, 4) is 0 Å². The molecule has 2 saturated heterocycles. The highest BCUT2D eigenvalue weighted by atomic mass is 127. The van der Waals surface area contributed by atoms with Crippen molar-refractivity contribution in [1.29, 1.82) is 0 Å². The zero-order valence-corrected chi connectivity index (χ0v) is 22.5. The summed E-state index contributed by atoms with van der Waals surface area (Å²) in [6.07, 6.45) is 3.97. The van der Waals surface area contributed by atoms with E-state index in [1.165, 1.54) is 18.5 Å². The SMILES string of the molecule is CCNC(=NCc1ccc(N2CCCC2=O)cc1)NCC1CCN(CCc2ccccc2)C1.I. The molecule has 0 aliphatic carbocycles. The molecular formula is C27H38IN5O. The summed E-state index contributed by atoms with van der Waals surface area (Å²) >= 11 is 0. The number of carbonyl (C=O) groups is 1. The summed E-state index contributed by atoms with van der Waals surface area (Å²) in [5.74, 6) is 1.76. The third kappa shape index (κ3) is 7.70. The molecule has 2 aromatic rings. The Balaban J connectivity index is 0.00000324. The summed E-state index contributed by atoms with van der Waals surface area (Å²) in [5, 5.41) is 6.92. The number of anilines is 1. The second-order valence-corrected chi connectivity index (χ2v) is 9.08. The number of guanidine groups is 1. The first-order valence-electron chi connectivity index (χ1n) is 12.4. The van der Waals surface area contributed by atoms with Crippen LogP contribution >= 0.6 is 24.0 Å². The number of hydrogen-bond acceptors (Lipinski definition) is 3. The molecule has 0 saturated carbocycles. The minimum atomic E-state index is 0. The molecule has 4 rings (SSSR count). The molecule has 184 valence electrons. The van der Waals surface area contributed by atoms with Crippen LogP contribution in [0.15, 0.2) is 59.6 Å².